The first kappa shape index (κ1) is 10.7. The number of hydrogen-bond donors (Lipinski definition) is 0. The van der Waals surface area contributed by atoms with Crippen molar-refractivity contribution >= 4 is 0 Å². The minimum Gasteiger partial charge on any atom is -0.377 e. The van der Waals surface area contributed by atoms with E-state index in [0.717, 1.165) is 19.7 Å². The molecule has 1 saturated heterocycles. The Labute approximate surface area is 81.6 Å². The summed E-state index contributed by atoms with van der Waals surface area (Å²) in [6.45, 7) is 10.7. The van der Waals surface area contributed by atoms with Crippen LogP contribution < -0.4 is 0 Å². The molecule has 13 heavy (non-hydrogen) atoms. The van der Waals surface area contributed by atoms with Crippen molar-refractivity contribution < 1.29 is 4.74 Å². The fraction of sp³-hybridized carbons (Fsp3) is 0.818. The Bertz CT molecular complexity index is 173. The fourth-order valence-corrected chi connectivity index (χ4v) is 1.56. The highest BCUT2D eigenvalue weighted by molar-refractivity contribution is 4.95. The van der Waals surface area contributed by atoms with Gasteiger partial charge in [-0.1, -0.05) is 11.6 Å². The van der Waals surface area contributed by atoms with E-state index < -0.39 is 0 Å². The van der Waals surface area contributed by atoms with Crippen molar-refractivity contribution in [2.75, 3.05) is 26.2 Å². The molecule has 0 amide bonds. The lowest BCUT2D eigenvalue weighted by Gasteiger charge is -2.19. The van der Waals surface area contributed by atoms with E-state index in [-0.39, 0.29) is 0 Å². The Morgan fingerprint density at radius 3 is 3.00 bits per heavy atom. The van der Waals surface area contributed by atoms with E-state index in [2.05, 4.69) is 31.7 Å². The molecule has 1 unspecified atom stereocenters. The molecule has 0 bridgehead atoms. The van der Waals surface area contributed by atoms with Crippen LogP contribution in [0.15, 0.2) is 11.6 Å². The zero-order chi connectivity index (χ0) is 9.68. The summed E-state index contributed by atoms with van der Waals surface area (Å²) in [5.41, 5.74) is 1.40. The standard InChI is InChI=1S/C11H21NO/c1-10(2)5-7-12-6-4-8-13-11(3)9-12/h5,11H,4,6-9H2,1-3H3. The average molecular weight is 183 g/mol. The van der Waals surface area contributed by atoms with E-state index in [0.29, 0.717) is 6.10 Å². The first-order chi connectivity index (χ1) is 6.18. The fourth-order valence-electron chi connectivity index (χ4n) is 1.56. The van der Waals surface area contributed by atoms with Gasteiger partial charge in [0.1, 0.15) is 0 Å². The van der Waals surface area contributed by atoms with Crippen molar-refractivity contribution in [2.24, 2.45) is 0 Å². The van der Waals surface area contributed by atoms with Crippen LogP contribution in [0, 0.1) is 0 Å². The molecular weight excluding hydrogens is 162 g/mol. The molecule has 1 aliphatic heterocycles. The minimum atomic E-state index is 0.396. The summed E-state index contributed by atoms with van der Waals surface area (Å²) in [6, 6.07) is 0. The van der Waals surface area contributed by atoms with E-state index in [1.54, 1.807) is 0 Å². The van der Waals surface area contributed by atoms with Gasteiger partial charge in [0, 0.05) is 26.2 Å². The number of allylic oxidation sites excluding steroid dienone is 1. The summed E-state index contributed by atoms with van der Waals surface area (Å²) in [4.78, 5) is 2.46. The van der Waals surface area contributed by atoms with E-state index in [4.69, 9.17) is 4.74 Å². The van der Waals surface area contributed by atoms with Gasteiger partial charge in [0.05, 0.1) is 6.10 Å². The summed E-state index contributed by atoms with van der Waals surface area (Å²) < 4.78 is 5.58. The van der Waals surface area contributed by atoms with E-state index in [9.17, 15) is 0 Å². The summed E-state index contributed by atoms with van der Waals surface area (Å²) in [5.74, 6) is 0. The van der Waals surface area contributed by atoms with Crippen LogP contribution in [-0.4, -0.2) is 37.2 Å². The lowest BCUT2D eigenvalue weighted by atomic mass is 10.3. The van der Waals surface area contributed by atoms with Gasteiger partial charge >= 0.3 is 0 Å². The molecule has 2 heteroatoms. The highest BCUT2D eigenvalue weighted by Gasteiger charge is 2.13. The molecule has 1 atom stereocenters. The van der Waals surface area contributed by atoms with Crippen LogP contribution in [-0.2, 0) is 4.74 Å². The largest absolute Gasteiger partial charge is 0.377 e. The van der Waals surface area contributed by atoms with Gasteiger partial charge in [-0.2, -0.15) is 0 Å². The molecule has 1 heterocycles. The maximum absolute atomic E-state index is 5.58. The highest BCUT2D eigenvalue weighted by Crippen LogP contribution is 2.05. The lowest BCUT2D eigenvalue weighted by Crippen LogP contribution is -2.30. The minimum absolute atomic E-state index is 0.396. The molecular formula is C11H21NO. The van der Waals surface area contributed by atoms with Crippen molar-refractivity contribution in [3.05, 3.63) is 11.6 Å². The van der Waals surface area contributed by atoms with Crippen molar-refractivity contribution in [1.82, 2.24) is 4.90 Å². The second-order valence-corrected chi connectivity index (χ2v) is 4.08. The predicted molar refractivity (Wildman–Crippen MR) is 55.9 cm³/mol. The SMILES string of the molecule is CC(C)=CCN1CCCOC(C)C1. The molecule has 0 aromatic rings. The Balaban J connectivity index is 2.35. The third-order valence-electron chi connectivity index (χ3n) is 2.29. The van der Waals surface area contributed by atoms with Crippen molar-refractivity contribution in [2.45, 2.75) is 33.3 Å². The molecule has 0 aromatic heterocycles. The van der Waals surface area contributed by atoms with Gasteiger partial charge < -0.3 is 4.74 Å². The topological polar surface area (TPSA) is 12.5 Å². The van der Waals surface area contributed by atoms with Gasteiger partial charge in [-0.15, -0.1) is 0 Å². The molecule has 76 valence electrons. The summed E-state index contributed by atoms with van der Waals surface area (Å²) >= 11 is 0. The molecule has 2 nitrogen and oxygen atoms in total. The Morgan fingerprint density at radius 1 is 1.54 bits per heavy atom. The van der Waals surface area contributed by atoms with Gasteiger partial charge in [0.2, 0.25) is 0 Å². The third kappa shape index (κ3) is 4.44. The van der Waals surface area contributed by atoms with Crippen LogP contribution in [0.2, 0.25) is 0 Å². The molecule has 0 aromatic carbocycles. The third-order valence-corrected chi connectivity index (χ3v) is 2.29. The maximum atomic E-state index is 5.58. The smallest absolute Gasteiger partial charge is 0.0674 e. The quantitative estimate of drug-likeness (QED) is 0.608. The summed E-state index contributed by atoms with van der Waals surface area (Å²) in [5, 5.41) is 0. The number of ether oxygens (including phenoxy) is 1. The van der Waals surface area contributed by atoms with Gasteiger partial charge in [-0.3, -0.25) is 4.90 Å². The van der Waals surface area contributed by atoms with Crippen LogP contribution >= 0.6 is 0 Å². The molecule has 0 saturated carbocycles. The summed E-state index contributed by atoms with van der Waals surface area (Å²) in [6.07, 6.45) is 3.85. The molecule has 0 radical (unpaired) electrons. The molecule has 0 aliphatic carbocycles. The Morgan fingerprint density at radius 2 is 2.31 bits per heavy atom. The van der Waals surface area contributed by atoms with Crippen LogP contribution in [0.4, 0.5) is 0 Å². The monoisotopic (exact) mass is 183 g/mol. The average Bonchev–Trinajstić information content (AvgIpc) is 2.26. The molecule has 0 N–H and O–H groups in total. The molecule has 1 rings (SSSR count). The van der Waals surface area contributed by atoms with Crippen LogP contribution in [0.5, 0.6) is 0 Å². The predicted octanol–water partition coefficient (Wildman–Crippen LogP) is 2.06. The first-order valence-electron chi connectivity index (χ1n) is 5.16. The van der Waals surface area contributed by atoms with Gasteiger partial charge in [0.15, 0.2) is 0 Å². The second-order valence-electron chi connectivity index (χ2n) is 4.08. The molecule has 1 fully saturated rings. The van der Waals surface area contributed by atoms with E-state index >= 15 is 0 Å². The number of nitrogens with zero attached hydrogens (tertiary/aromatic N) is 1. The number of hydrogen-bond acceptors (Lipinski definition) is 2. The van der Waals surface area contributed by atoms with Crippen molar-refractivity contribution in [3.63, 3.8) is 0 Å². The van der Waals surface area contributed by atoms with Crippen molar-refractivity contribution in [1.29, 1.82) is 0 Å². The zero-order valence-electron chi connectivity index (χ0n) is 9.05. The Hall–Kier alpha value is -0.340. The lowest BCUT2D eigenvalue weighted by molar-refractivity contribution is 0.0692. The highest BCUT2D eigenvalue weighted by atomic mass is 16.5. The van der Waals surface area contributed by atoms with Crippen LogP contribution in [0.3, 0.4) is 0 Å². The number of rotatable bonds is 2. The maximum Gasteiger partial charge on any atom is 0.0674 e. The zero-order valence-corrected chi connectivity index (χ0v) is 9.05. The van der Waals surface area contributed by atoms with E-state index in [1.807, 2.05) is 0 Å². The van der Waals surface area contributed by atoms with Gasteiger partial charge in [-0.05, 0) is 27.2 Å². The summed E-state index contributed by atoms with van der Waals surface area (Å²) in [7, 11) is 0. The second kappa shape index (κ2) is 5.40. The normalized spacial score (nSPS) is 25.3. The Kier molecular flexibility index (Phi) is 4.46. The van der Waals surface area contributed by atoms with Gasteiger partial charge in [0.25, 0.3) is 0 Å². The van der Waals surface area contributed by atoms with Crippen molar-refractivity contribution in [3.8, 4) is 0 Å². The van der Waals surface area contributed by atoms with Crippen LogP contribution in [0.25, 0.3) is 0 Å². The van der Waals surface area contributed by atoms with Gasteiger partial charge in [-0.25, -0.2) is 0 Å². The molecule has 1 aliphatic rings. The first-order valence-corrected chi connectivity index (χ1v) is 5.16. The van der Waals surface area contributed by atoms with E-state index in [1.165, 1.54) is 18.5 Å². The molecule has 0 spiro atoms. The van der Waals surface area contributed by atoms with Crippen LogP contribution in [0.1, 0.15) is 27.2 Å².